The van der Waals surface area contributed by atoms with E-state index < -0.39 is 5.97 Å². The molecule has 0 radical (unpaired) electrons. The van der Waals surface area contributed by atoms with E-state index >= 15 is 0 Å². The predicted molar refractivity (Wildman–Crippen MR) is 71.2 cm³/mol. The Morgan fingerprint density at radius 2 is 2.21 bits per heavy atom. The van der Waals surface area contributed by atoms with Crippen molar-refractivity contribution < 1.29 is 14.6 Å². The van der Waals surface area contributed by atoms with Crippen molar-refractivity contribution in [3.8, 4) is 0 Å². The lowest BCUT2D eigenvalue weighted by Crippen LogP contribution is -2.48. The number of nitrogens with zero attached hydrogens (tertiary/aromatic N) is 2. The highest BCUT2D eigenvalue weighted by Crippen LogP contribution is 2.32. The minimum absolute atomic E-state index is 0.0548. The zero-order valence-corrected chi connectivity index (χ0v) is 11.0. The monoisotopic (exact) mass is 262 g/mol. The Labute approximate surface area is 112 Å². The number of hydrogen-bond acceptors (Lipinski definition) is 4. The van der Waals surface area contributed by atoms with Gasteiger partial charge in [-0.05, 0) is 25.8 Å². The summed E-state index contributed by atoms with van der Waals surface area (Å²) in [6.45, 7) is 3.52. The van der Waals surface area contributed by atoms with Crippen molar-refractivity contribution in [1.82, 2.24) is 4.90 Å². The number of aliphatic imine (C=N–C) groups is 1. The fourth-order valence-electron chi connectivity index (χ4n) is 3.20. The van der Waals surface area contributed by atoms with Gasteiger partial charge in [0, 0.05) is 19.3 Å². The molecule has 5 heteroatoms. The van der Waals surface area contributed by atoms with Crippen LogP contribution in [0.4, 0.5) is 0 Å². The highest BCUT2D eigenvalue weighted by molar-refractivity contribution is 5.92. The molecule has 2 atom stereocenters. The molecule has 1 fully saturated rings. The van der Waals surface area contributed by atoms with E-state index in [1.165, 1.54) is 0 Å². The van der Waals surface area contributed by atoms with Crippen molar-refractivity contribution in [2.45, 2.75) is 37.9 Å². The molecule has 0 aromatic heterocycles. The Morgan fingerprint density at radius 3 is 2.89 bits per heavy atom. The van der Waals surface area contributed by atoms with E-state index in [1.807, 2.05) is 13.0 Å². The summed E-state index contributed by atoms with van der Waals surface area (Å²) in [5.41, 5.74) is 0.390. The molecule has 3 aliphatic rings. The van der Waals surface area contributed by atoms with E-state index in [2.05, 4.69) is 16.0 Å². The summed E-state index contributed by atoms with van der Waals surface area (Å²) in [6, 6.07) is 0.204. The smallest absolute Gasteiger partial charge is 0.333 e. The van der Waals surface area contributed by atoms with Gasteiger partial charge in [0.2, 0.25) is 0 Å². The lowest BCUT2D eigenvalue weighted by Gasteiger charge is -2.38. The number of hydrogen-bond donors (Lipinski definition) is 1. The van der Waals surface area contributed by atoms with Crippen LogP contribution in [0.15, 0.2) is 28.8 Å². The second-order valence-electron chi connectivity index (χ2n) is 5.17. The summed E-state index contributed by atoms with van der Waals surface area (Å²) >= 11 is 0. The summed E-state index contributed by atoms with van der Waals surface area (Å²) in [4.78, 5) is 18.1. The second-order valence-corrected chi connectivity index (χ2v) is 5.17. The number of ether oxygens (including phenoxy) is 1. The van der Waals surface area contributed by atoms with Crippen LogP contribution in [0.1, 0.15) is 19.8 Å². The van der Waals surface area contributed by atoms with E-state index in [0.717, 1.165) is 31.9 Å². The first-order valence-corrected chi connectivity index (χ1v) is 6.70. The maximum absolute atomic E-state index is 11.3. The Hall–Kier alpha value is -1.62. The minimum Gasteiger partial charge on any atom is -0.478 e. The van der Waals surface area contributed by atoms with Crippen LogP contribution in [-0.4, -0.2) is 53.2 Å². The van der Waals surface area contributed by atoms with E-state index in [1.54, 1.807) is 6.08 Å². The molecule has 0 amide bonds. The van der Waals surface area contributed by atoms with Gasteiger partial charge in [-0.15, -0.1) is 0 Å². The molecule has 5 nitrogen and oxygen atoms in total. The summed E-state index contributed by atoms with van der Waals surface area (Å²) < 4.78 is 5.40. The van der Waals surface area contributed by atoms with Crippen molar-refractivity contribution in [1.29, 1.82) is 0 Å². The normalized spacial score (nSPS) is 30.9. The van der Waals surface area contributed by atoms with Crippen LogP contribution in [-0.2, 0) is 9.53 Å². The Kier molecular flexibility index (Phi) is 3.14. The molecule has 0 aromatic carbocycles. The van der Waals surface area contributed by atoms with Gasteiger partial charge in [-0.25, -0.2) is 4.79 Å². The summed E-state index contributed by atoms with van der Waals surface area (Å²) in [7, 11) is 0. The molecule has 2 unspecified atom stereocenters. The zero-order valence-electron chi connectivity index (χ0n) is 11.0. The molecule has 0 saturated carbocycles. The third-order valence-electron chi connectivity index (χ3n) is 4.08. The summed E-state index contributed by atoms with van der Waals surface area (Å²) in [6.07, 6.45) is 7.53. The minimum atomic E-state index is -0.871. The molecule has 1 aliphatic carbocycles. The fraction of sp³-hybridized carbons (Fsp3) is 0.571. The van der Waals surface area contributed by atoms with Gasteiger partial charge in [-0.3, -0.25) is 4.99 Å². The average molecular weight is 262 g/mol. The first-order chi connectivity index (χ1) is 9.18. The number of carboxylic acid groups (broad SMARTS) is 1. The molecule has 0 bridgehead atoms. The highest BCUT2D eigenvalue weighted by Gasteiger charge is 2.41. The number of allylic oxidation sites excluding steroid dienone is 2. The number of aliphatic carboxylic acids is 1. The third kappa shape index (κ3) is 2.08. The van der Waals surface area contributed by atoms with Gasteiger partial charge < -0.3 is 14.7 Å². The fourth-order valence-corrected chi connectivity index (χ4v) is 3.20. The van der Waals surface area contributed by atoms with Crippen LogP contribution < -0.4 is 0 Å². The predicted octanol–water partition coefficient (Wildman–Crippen LogP) is 1.22. The maximum Gasteiger partial charge on any atom is 0.333 e. The first kappa shape index (κ1) is 12.4. The van der Waals surface area contributed by atoms with Crippen molar-refractivity contribution in [2.75, 3.05) is 13.2 Å². The molecule has 2 aliphatic heterocycles. The lowest BCUT2D eigenvalue weighted by molar-refractivity contribution is -0.133. The summed E-state index contributed by atoms with van der Waals surface area (Å²) in [5.74, 6) is 0.0744. The van der Waals surface area contributed by atoms with Crippen LogP contribution in [0.5, 0.6) is 0 Å². The third-order valence-corrected chi connectivity index (χ3v) is 4.08. The van der Waals surface area contributed by atoms with E-state index in [9.17, 15) is 9.90 Å². The Balaban J connectivity index is 1.86. The quantitative estimate of drug-likeness (QED) is 0.812. The van der Waals surface area contributed by atoms with Gasteiger partial charge >= 0.3 is 5.97 Å². The van der Waals surface area contributed by atoms with E-state index in [0.29, 0.717) is 11.6 Å². The maximum atomic E-state index is 11.3. The van der Waals surface area contributed by atoms with Gasteiger partial charge in [-0.2, -0.15) is 0 Å². The standard InChI is InChI=1S/C14H18N2O3/c1-9-15-13-11(14(17)18)3-2-4-12(13)16(9)10-5-7-19-8-6-10/h2-4,10,12-13H,5-8H2,1H3,(H,17,18). The van der Waals surface area contributed by atoms with Crippen molar-refractivity contribution in [3.63, 3.8) is 0 Å². The molecule has 19 heavy (non-hydrogen) atoms. The molecule has 1 N–H and O–H groups in total. The van der Waals surface area contributed by atoms with E-state index in [-0.39, 0.29) is 12.1 Å². The number of rotatable bonds is 2. The molecule has 0 aromatic rings. The van der Waals surface area contributed by atoms with Gasteiger partial charge in [0.15, 0.2) is 0 Å². The Morgan fingerprint density at radius 1 is 1.47 bits per heavy atom. The van der Waals surface area contributed by atoms with Crippen molar-refractivity contribution in [3.05, 3.63) is 23.8 Å². The number of fused-ring (bicyclic) bond motifs is 1. The number of carboxylic acids is 1. The molecular formula is C14H18N2O3. The largest absolute Gasteiger partial charge is 0.478 e. The van der Waals surface area contributed by atoms with E-state index in [4.69, 9.17) is 4.74 Å². The average Bonchev–Trinajstić information content (AvgIpc) is 2.75. The van der Waals surface area contributed by atoms with Crippen LogP contribution >= 0.6 is 0 Å². The van der Waals surface area contributed by atoms with Crippen LogP contribution in [0.2, 0.25) is 0 Å². The molecule has 3 rings (SSSR count). The van der Waals surface area contributed by atoms with Crippen molar-refractivity contribution >= 4 is 11.8 Å². The van der Waals surface area contributed by atoms with Crippen LogP contribution in [0.25, 0.3) is 0 Å². The van der Waals surface area contributed by atoms with Gasteiger partial charge in [-0.1, -0.05) is 12.2 Å². The second kappa shape index (κ2) is 4.81. The number of carbonyl (C=O) groups is 1. The zero-order chi connectivity index (χ0) is 13.4. The molecule has 1 saturated heterocycles. The van der Waals surface area contributed by atoms with Gasteiger partial charge in [0.25, 0.3) is 0 Å². The highest BCUT2D eigenvalue weighted by atomic mass is 16.5. The van der Waals surface area contributed by atoms with Crippen LogP contribution in [0.3, 0.4) is 0 Å². The summed E-state index contributed by atoms with van der Waals surface area (Å²) in [5, 5.41) is 9.26. The topological polar surface area (TPSA) is 62.1 Å². The van der Waals surface area contributed by atoms with Crippen molar-refractivity contribution in [2.24, 2.45) is 4.99 Å². The Bertz CT molecular complexity index is 475. The van der Waals surface area contributed by atoms with Gasteiger partial charge in [0.1, 0.15) is 6.04 Å². The van der Waals surface area contributed by atoms with Crippen LogP contribution in [0, 0.1) is 0 Å². The lowest BCUT2D eigenvalue weighted by atomic mass is 9.93. The molecule has 2 heterocycles. The molecule has 0 spiro atoms. The van der Waals surface area contributed by atoms with Gasteiger partial charge in [0.05, 0.1) is 17.5 Å². The molecule has 102 valence electrons. The first-order valence-electron chi connectivity index (χ1n) is 6.70. The number of amidine groups is 1. The SMILES string of the molecule is CC1=NC2C(C(=O)O)=CC=CC2N1C1CCOCC1. The molecular weight excluding hydrogens is 244 g/mol.